The lowest BCUT2D eigenvalue weighted by Gasteiger charge is -2.11. The lowest BCUT2D eigenvalue weighted by Crippen LogP contribution is -2.08. The third-order valence-corrected chi connectivity index (χ3v) is 6.33. The Labute approximate surface area is 200 Å². The molecule has 0 fully saturated rings. The second-order valence-electron chi connectivity index (χ2n) is 8.69. The Morgan fingerprint density at radius 2 is 1.20 bits per heavy atom. The number of halogens is 6. The molecule has 35 heavy (non-hydrogen) atoms. The number of benzene rings is 4. The van der Waals surface area contributed by atoms with Crippen LogP contribution in [0.5, 0.6) is 0 Å². The Morgan fingerprint density at radius 3 is 1.86 bits per heavy atom. The number of alkyl halides is 3. The number of fused-ring (bicyclic) bond motifs is 1. The summed E-state index contributed by atoms with van der Waals surface area (Å²) in [4.78, 5) is 0. The molecule has 0 unspecified atom stereocenters. The molecule has 0 heterocycles. The lowest BCUT2D eigenvalue weighted by molar-refractivity contribution is -0.140. The maximum absolute atomic E-state index is 15.1. The Hall–Kier alpha value is -3.28. The van der Waals surface area contributed by atoms with E-state index < -0.39 is 23.4 Å². The summed E-state index contributed by atoms with van der Waals surface area (Å²) in [5.41, 5.74) is 2.02. The fourth-order valence-electron chi connectivity index (χ4n) is 4.25. The first-order valence-corrected chi connectivity index (χ1v) is 11.5. The van der Waals surface area contributed by atoms with Crippen LogP contribution in [0.2, 0.25) is 0 Å². The van der Waals surface area contributed by atoms with Gasteiger partial charge in [0.05, 0.1) is 5.56 Å². The first kappa shape index (κ1) is 24.8. The van der Waals surface area contributed by atoms with E-state index in [1.165, 1.54) is 6.07 Å². The molecule has 0 radical (unpaired) electrons. The van der Waals surface area contributed by atoms with E-state index in [1.807, 2.05) is 31.2 Å². The average Bonchev–Trinajstić information content (AvgIpc) is 2.82. The first-order chi connectivity index (χ1) is 16.7. The van der Waals surface area contributed by atoms with Gasteiger partial charge < -0.3 is 0 Å². The van der Waals surface area contributed by atoms with Crippen molar-refractivity contribution in [2.45, 2.75) is 45.2 Å². The number of hydrogen-bond acceptors (Lipinski definition) is 0. The Kier molecular flexibility index (Phi) is 7.20. The maximum Gasteiger partial charge on any atom is 0.419 e. The van der Waals surface area contributed by atoms with E-state index in [1.54, 1.807) is 24.3 Å². The van der Waals surface area contributed by atoms with E-state index in [0.717, 1.165) is 23.6 Å². The van der Waals surface area contributed by atoms with Crippen LogP contribution in [0.1, 0.15) is 40.3 Å². The fraction of sp³-hybridized carbons (Fsp3) is 0.241. The van der Waals surface area contributed by atoms with E-state index in [4.69, 9.17) is 0 Å². The molecule has 4 aromatic rings. The molecule has 0 bridgehead atoms. The molecule has 0 amide bonds. The van der Waals surface area contributed by atoms with Gasteiger partial charge in [0.1, 0.15) is 17.5 Å². The minimum absolute atomic E-state index is 0.206. The molecular weight excluding hydrogens is 462 g/mol. The van der Waals surface area contributed by atoms with E-state index in [9.17, 15) is 22.0 Å². The van der Waals surface area contributed by atoms with Crippen molar-refractivity contribution in [1.29, 1.82) is 0 Å². The predicted octanol–water partition coefficient (Wildman–Crippen LogP) is 8.41. The largest absolute Gasteiger partial charge is 0.419 e. The minimum Gasteiger partial charge on any atom is -0.207 e. The third kappa shape index (κ3) is 5.69. The molecule has 4 aromatic carbocycles. The van der Waals surface area contributed by atoms with Gasteiger partial charge in [-0.1, -0.05) is 55.5 Å². The van der Waals surface area contributed by atoms with Gasteiger partial charge in [0.2, 0.25) is 0 Å². The molecule has 0 aliphatic rings. The zero-order valence-corrected chi connectivity index (χ0v) is 19.2. The standard InChI is InChI=1S/C29H24F6/c1-2-18-3-8-21(26(30)16-18)9-4-19-6-13-24-23(15-19)12-11-22(28(24)32)10-5-20-7-14-25(27(31)17-20)29(33,34)35/h3,6-8,11-17H,2,4-5,9-10H2,1H3. The fourth-order valence-corrected chi connectivity index (χ4v) is 4.25. The van der Waals surface area contributed by atoms with Crippen molar-refractivity contribution in [2.24, 2.45) is 0 Å². The van der Waals surface area contributed by atoms with Gasteiger partial charge in [0, 0.05) is 5.39 Å². The summed E-state index contributed by atoms with van der Waals surface area (Å²) < 4.78 is 81.4. The van der Waals surface area contributed by atoms with Gasteiger partial charge in [-0.15, -0.1) is 0 Å². The molecule has 0 aromatic heterocycles. The van der Waals surface area contributed by atoms with Gasteiger partial charge in [-0.3, -0.25) is 0 Å². The zero-order valence-electron chi connectivity index (χ0n) is 19.2. The minimum atomic E-state index is -4.75. The van der Waals surface area contributed by atoms with Crippen molar-refractivity contribution < 1.29 is 26.3 Å². The normalized spacial score (nSPS) is 11.9. The van der Waals surface area contributed by atoms with Crippen LogP contribution in [0.4, 0.5) is 26.3 Å². The number of aryl methyl sites for hydroxylation is 5. The quantitative estimate of drug-likeness (QED) is 0.230. The summed E-state index contributed by atoms with van der Waals surface area (Å²) >= 11 is 0. The Bertz CT molecular complexity index is 1350. The molecule has 0 saturated heterocycles. The van der Waals surface area contributed by atoms with Gasteiger partial charge in [0.25, 0.3) is 0 Å². The molecule has 0 nitrogen and oxygen atoms in total. The summed E-state index contributed by atoms with van der Waals surface area (Å²) in [6, 6.07) is 16.9. The molecule has 0 N–H and O–H groups in total. The number of rotatable bonds is 7. The molecule has 0 aliphatic heterocycles. The van der Waals surface area contributed by atoms with Gasteiger partial charge >= 0.3 is 6.18 Å². The average molecular weight is 486 g/mol. The van der Waals surface area contributed by atoms with Crippen molar-refractivity contribution in [1.82, 2.24) is 0 Å². The Morgan fingerprint density at radius 1 is 0.600 bits per heavy atom. The molecule has 0 aliphatic carbocycles. The first-order valence-electron chi connectivity index (χ1n) is 11.5. The van der Waals surface area contributed by atoms with Crippen LogP contribution in [0, 0.1) is 17.5 Å². The van der Waals surface area contributed by atoms with E-state index in [2.05, 4.69) is 0 Å². The van der Waals surface area contributed by atoms with Crippen molar-refractivity contribution in [3.8, 4) is 0 Å². The van der Waals surface area contributed by atoms with Crippen molar-refractivity contribution in [3.63, 3.8) is 0 Å². The summed E-state index contributed by atoms with van der Waals surface area (Å²) in [6.45, 7) is 1.97. The van der Waals surface area contributed by atoms with Crippen LogP contribution in [-0.2, 0) is 38.3 Å². The highest BCUT2D eigenvalue weighted by Crippen LogP contribution is 2.32. The molecule has 0 atom stereocenters. The van der Waals surface area contributed by atoms with Crippen LogP contribution < -0.4 is 0 Å². The molecule has 0 saturated carbocycles. The van der Waals surface area contributed by atoms with Gasteiger partial charge in [-0.05, 0) is 83.5 Å². The van der Waals surface area contributed by atoms with Crippen molar-refractivity contribution in [3.05, 3.63) is 118 Å². The topological polar surface area (TPSA) is 0 Å². The number of hydrogen-bond donors (Lipinski definition) is 0. The third-order valence-electron chi connectivity index (χ3n) is 6.33. The second-order valence-corrected chi connectivity index (χ2v) is 8.69. The summed E-state index contributed by atoms with van der Waals surface area (Å²) in [5.74, 6) is -1.95. The van der Waals surface area contributed by atoms with Crippen LogP contribution in [0.25, 0.3) is 10.8 Å². The maximum atomic E-state index is 15.1. The van der Waals surface area contributed by atoms with Crippen molar-refractivity contribution >= 4 is 10.8 Å². The molecule has 182 valence electrons. The second kappa shape index (κ2) is 10.1. The van der Waals surface area contributed by atoms with Gasteiger partial charge in [0.15, 0.2) is 0 Å². The van der Waals surface area contributed by atoms with Crippen LogP contribution in [0.3, 0.4) is 0 Å². The van der Waals surface area contributed by atoms with E-state index >= 15 is 4.39 Å². The Balaban J connectivity index is 1.46. The van der Waals surface area contributed by atoms with E-state index in [-0.39, 0.29) is 18.7 Å². The van der Waals surface area contributed by atoms with Gasteiger partial charge in [-0.2, -0.15) is 13.2 Å². The molecule has 4 rings (SSSR count). The lowest BCUT2D eigenvalue weighted by atomic mass is 9.96. The van der Waals surface area contributed by atoms with Crippen molar-refractivity contribution in [2.75, 3.05) is 0 Å². The predicted molar refractivity (Wildman–Crippen MR) is 126 cm³/mol. The molecular formula is C29H24F6. The van der Waals surface area contributed by atoms with Gasteiger partial charge in [-0.25, -0.2) is 13.2 Å². The van der Waals surface area contributed by atoms with Crippen LogP contribution >= 0.6 is 0 Å². The highest BCUT2D eigenvalue weighted by molar-refractivity contribution is 5.84. The summed E-state index contributed by atoms with van der Waals surface area (Å²) in [6.07, 6.45) is -2.40. The monoisotopic (exact) mass is 486 g/mol. The highest BCUT2D eigenvalue weighted by Gasteiger charge is 2.33. The highest BCUT2D eigenvalue weighted by atomic mass is 19.4. The summed E-state index contributed by atoms with van der Waals surface area (Å²) in [5, 5.41) is 1.15. The molecule has 6 heteroatoms. The van der Waals surface area contributed by atoms with Crippen LogP contribution in [0.15, 0.2) is 66.7 Å². The van der Waals surface area contributed by atoms with E-state index in [0.29, 0.717) is 46.4 Å². The van der Waals surface area contributed by atoms with Crippen LogP contribution in [-0.4, -0.2) is 0 Å². The smallest absolute Gasteiger partial charge is 0.207 e. The zero-order chi connectivity index (χ0) is 25.2. The summed E-state index contributed by atoms with van der Waals surface area (Å²) in [7, 11) is 0. The SMILES string of the molecule is CCc1ccc(CCc2ccc3c(F)c(CCc4ccc(C(F)(F)F)c(F)c4)ccc3c2)c(F)c1. The molecule has 0 spiro atoms.